The molecule has 0 amide bonds. The molecule has 1 aliphatic rings. The molecule has 3 atom stereocenters. The molecule has 1 aromatic carbocycles. The molecule has 1 saturated carbocycles. The molecule has 0 aromatic heterocycles. The Labute approximate surface area is 111 Å². The second-order valence-electron chi connectivity index (χ2n) is 5.89. The molecule has 0 spiro atoms. The third-order valence-corrected chi connectivity index (χ3v) is 4.16. The van der Waals surface area contributed by atoms with Gasteiger partial charge in [-0.05, 0) is 49.2 Å². The summed E-state index contributed by atoms with van der Waals surface area (Å²) < 4.78 is 0. The molecular formula is C16H26N2. The highest BCUT2D eigenvalue weighted by Crippen LogP contribution is 2.36. The van der Waals surface area contributed by atoms with E-state index in [0.717, 1.165) is 24.9 Å². The lowest BCUT2D eigenvalue weighted by atomic mass is 9.95. The zero-order chi connectivity index (χ0) is 13.0. The van der Waals surface area contributed by atoms with Crippen LogP contribution in [0.15, 0.2) is 30.3 Å². The van der Waals surface area contributed by atoms with Gasteiger partial charge in [0.05, 0.1) is 0 Å². The highest BCUT2D eigenvalue weighted by Gasteiger charge is 2.27. The molecule has 2 nitrogen and oxygen atoms in total. The largest absolute Gasteiger partial charge is 0.324 e. The molecule has 0 heterocycles. The van der Waals surface area contributed by atoms with Crippen molar-refractivity contribution in [2.24, 2.45) is 23.5 Å². The Balaban J connectivity index is 1.72. The van der Waals surface area contributed by atoms with E-state index in [1.807, 2.05) is 6.07 Å². The molecule has 0 saturated heterocycles. The van der Waals surface area contributed by atoms with Gasteiger partial charge in [-0.15, -0.1) is 0 Å². The number of hydrogen-bond acceptors (Lipinski definition) is 2. The maximum atomic E-state index is 6.29. The van der Waals surface area contributed by atoms with Crippen LogP contribution in [0, 0.1) is 17.8 Å². The maximum Gasteiger partial charge on any atom is 0.0333 e. The minimum atomic E-state index is 0.134. The number of rotatable bonds is 7. The van der Waals surface area contributed by atoms with Crippen LogP contribution in [-0.4, -0.2) is 13.1 Å². The fourth-order valence-electron chi connectivity index (χ4n) is 2.50. The Morgan fingerprint density at radius 1 is 1.17 bits per heavy atom. The lowest BCUT2D eigenvalue weighted by Gasteiger charge is -2.22. The molecule has 1 fully saturated rings. The van der Waals surface area contributed by atoms with Crippen LogP contribution >= 0.6 is 0 Å². The van der Waals surface area contributed by atoms with Crippen LogP contribution in [0.4, 0.5) is 0 Å². The Morgan fingerprint density at radius 2 is 1.83 bits per heavy atom. The SMILES string of the molecule is CC(CNCC(C)C(N)c1ccccc1)C1CC1. The van der Waals surface area contributed by atoms with Crippen molar-refractivity contribution in [3.05, 3.63) is 35.9 Å². The predicted octanol–water partition coefficient (Wildman–Crippen LogP) is 2.96. The van der Waals surface area contributed by atoms with Gasteiger partial charge in [0.2, 0.25) is 0 Å². The zero-order valence-electron chi connectivity index (χ0n) is 11.6. The van der Waals surface area contributed by atoms with Crippen molar-refractivity contribution < 1.29 is 0 Å². The van der Waals surface area contributed by atoms with Crippen LogP contribution in [0.3, 0.4) is 0 Å². The summed E-state index contributed by atoms with van der Waals surface area (Å²) in [7, 11) is 0. The zero-order valence-corrected chi connectivity index (χ0v) is 11.6. The highest BCUT2D eigenvalue weighted by atomic mass is 14.9. The molecular weight excluding hydrogens is 220 g/mol. The lowest BCUT2D eigenvalue weighted by molar-refractivity contribution is 0.395. The van der Waals surface area contributed by atoms with E-state index in [2.05, 4.69) is 43.4 Å². The Hall–Kier alpha value is -0.860. The highest BCUT2D eigenvalue weighted by molar-refractivity contribution is 5.19. The van der Waals surface area contributed by atoms with Crippen LogP contribution in [0.5, 0.6) is 0 Å². The Bertz CT molecular complexity index is 345. The van der Waals surface area contributed by atoms with Crippen molar-refractivity contribution in [2.75, 3.05) is 13.1 Å². The summed E-state index contributed by atoms with van der Waals surface area (Å²) in [6.45, 7) is 6.72. The molecule has 1 aromatic rings. The van der Waals surface area contributed by atoms with Crippen LogP contribution < -0.4 is 11.1 Å². The predicted molar refractivity (Wildman–Crippen MR) is 77.3 cm³/mol. The molecule has 0 radical (unpaired) electrons. The molecule has 2 heteroatoms. The van der Waals surface area contributed by atoms with Crippen LogP contribution in [0.2, 0.25) is 0 Å². The standard InChI is InChI=1S/C16H26N2/c1-12(14-8-9-14)10-18-11-13(2)16(17)15-6-4-3-5-7-15/h3-7,12-14,16,18H,8-11,17H2,1-2H3. The van der Waals surface area contributed by atoms with Gasteiger partial charge < -0.3 is 11.1 Å². The average Bonchev–Trinajstić information content (AvgIpc) is 3.23. The second kappa shape index (κ2) is 6.35. The molecule has 2 rings (SSSR count). The number of nitrogens with one attached hydrogen (secondary N) is 1. The minimum Gasteiger partial charge on any atom is -0.324 e. The first-order valence-electron chi connectivity index (χ1n) is 7.19. The molecule has 0 bridgehead atoms. The average molecular weight is 246 g/mol. The van der Waals surface area contributed by atoms with Crippen molar-refractivity contribution in [2.45, 2.75) is 32.7 Å². The topological polar surface area (TPSA) is 38.0 Å². The summed E-state index contributed by atoms with van der Waals surface area (Å²) in [6, 6.07) is 10.5. The maximum absolute atomic E-state index is 6.29. The van der Waals surface area contributed by atoms with Crippen molar-refractivity contribution in [1.82, 2.24) is 5.32 Å². The summed E-state index contributed by atoms with van der Waals surface area (Å²) in [4.78, 5) is 0. The van der Waals surface area contributed by atoms with Gasteiger partial charge in [0.15, 0.2) is 0 Å². The van der Waals surface area contributed by atoms with Gasteiger partial charge in [-0.3, -0.25) is 0 Å². The number of benzene rings is 1. The fraction of sp³-hybridized carbons (Fsp3) is 0.625. The first-order chi connectivity index (χ1) is 8.68. The quantitative estimate of drug-likeness (QED) is 0.776. The first kappa shape index (κ1) is 13.6. The van der Waals surface area contributed by atoms with Crippen LogP contribution in [-0.2, 0) is 0 Å². The van der Waals surface area contributed by atoms with Crippen molar-refractivity contribution in [3.8, 4) is 0 Å². The normalized spacial score (nSPS) is 20.4. The summed E-state index contributed by atoms with van der Waals surface area (Å²) in [5.74, 6) is 2.28. The fourth-order valence-corrected chi connectivity index (χ4v) is 2.50. The van der Waals surface area contributed by atoms with Crippen LogP contribution in [0.25, 0.3) is 0 Å². The van der Waals surface area contributed by atoms with Crippen molar-refractivity contribution in [3.63, 3.8) is 0 Å². The Morgan fingerprint density at radius 3 is 2.44 bits per heavy atom. The van der Waals surface area contributed by atoms with Gasteiger partial charge in [-0.1, -0.05) is 44.2 Å². The van der Waals surface area contributed by atoms with E-state index in [9.17, 15) is 0 Å². The molecule has 3 unspecified atom stereocenters. The van der Waals surface area contributed by atoms with Gasteiger partial charge in [0.25, 0.3) is 0 Å². The minimum absolute atomic E-state index is 0.134. The third kappa shape index (κ3) is 3.82. The third-order valence-electron chi connectivity index (χ3n) is 4.16. The molecule has 100 valence electrons. The summed E-state index contributed by atoms with van der Waals surface area (Å²) in [6.07, 6.45) is 2.86. The van der Waals surface area contributed by atoms with Gasteiger partial charge in [0, 0.05) is 6.04 Å². The molecule has 18 heavy (non-hydrogen) atoms. The van der Waals surface area contributed by atoms with Crippen LogP contribution in [0.1, 0.15) is 38.3 Å². The second-order valence-corrected chi connectivity index (χ2v) is 5.89. The van der Waals surface area contributed by atoms with Gasteiger partial charge in [-0.2, -0.15) is 0 Å². The Kier molecular flexibility index (Phi) is 4.79. The van der Waals surface area contributed by atoms with E-state index in [0.29, 0.717) is 5.92 Å². The van der Waals surface area contributed by atoms with E-state index < -0.39 is 0 Å². The van der Waals surface area contributed by atoms with Gasteiger partial charge in [0.1, 0.15) is 0 Å². The summed E-state index contributed by atoms with van der Waals surface area (Å²) >= 11 is 0. The van der Waals surface area contributed by atoms with Crippen molar-refractivity contribution in [1.29, 1.82) is 0 Å². The van der Waals surface area contributed by atoms with E-state index >= 15 is 0 Å². The van der Waals surface area contributed by atoms with Gasteiger partial charge in [-0.25, -0.2) is 0 Å². The van der Waals surface area contributed by atoms with E-state index in [1.165, 1.54) is 18.4 Å². The monoisotopic (exact) mass is 246 g/mol. The number of nitrogens with two attached hydrogens (primary N) is 1. The van der Waals surface area contributed by atoms with Gasteiger partial charge >= 0.3 is 0 Å². The molecule has 1 aliphatic carbocycles. The first-order valence-corrected chi connectivity index (χ1v) is 7.19. The van der Waals surface area contributed by atoms with E-state index in [4.69, 9.17) is 5.73 Å². The number of hydrogen-bond donors (Lipinski definition) is 2. The van der Waals surface area contributed by atoms with E-state index in [1.54, 1.807) is 0 Å². The van der Waals surface area contributed by atoms with Crippen molar-refractivity contribution >= 4 is 0 Å². The molecule has 3 N–H and O–H groups in total. The summed E-state index contributed by atoms with van der Waals surface area (Å²) in [5.41, 5.74) is 7.53. The smallest absolute Gasteiger partial charge is 0.0333 e. The lowest BCUT2D eigenvalue weighted by Crippen LogP contribution is -2.32. The molecule has 0 aliphatic heterocycles. The van der Waals surface area contributed by atoms with E-state index in [-0.39, 0.29) is 6.04 Å². The summed E-state index contributed by atoms with van der Waals surface area (Å²) in [5, 5.41) is 3.58.